The average Bonchev–Trinajstić information content (AvgIpc) is 3.96. The number of aldehydes is 1. The molecule has 65 heavy (non-hydrogen) atoms. The van der Waals surface area contributed by atoms with Crippen molar-refractivity contribution < 1.29 is 68.8 Å². The van der Waals surface area contributed by atoms with E-state index in [4.69, 9.17) is 24.7 Å². The summed E-state index contributed by atoms with van der Waals surface area (Å²) in [4.78, 5) is 68.6. The van der Waals surface area contributed by atoms with Gasteiger partial charge in [0.05, 0.1) is 30.5 Å². The van der Waals surface area contributed by atoms with Gasteiger partial charge in [-0.1, -0.05) is 37.1 Å². The zero-order valence-corrected chi connectivity index (χ0v) is 35.1. The highest BCUT2D eigenvalue weighted by Gasteiger charge is 2.57. The van der Waals surface area contributed by atoms with Gasteiger partial charge in [-0.2, -0.15) is 9.98 Å². The van der Waals surface area contributed by atoms with Crippen LogP contribution in [0.3, 0.4) is 0 Å². The molecule has 0 aromatic heterocycles. The number of aliphatic hydroxyl groups is 6. The highest BCUT2D eigenvalue weighted by molar-refractivity contribution is 6.72. The number of anilines is 1. The molecule has 2 bridgehead atoms. The Morgan fingerprint density at radius 1 is 0.938 bits per heavy atom. The third-order valence-corrected chi connectivity index (χ3v) is 13.2. The molecule has 19 heteroatoms. The van der Waals surface area contributed by atoms with Crippen LogP contribution in [0.25, 0.3) is 0 Å². The monoisotopic (exact) mass is 895 g/mol. The van der Waals surface area contributed by atoms with Gasteiger partial charge < -0.3 is 65.0 Å². The predicted molar refractivity (Wildman–Crippen MR) is 229 cm³/mol. The topological polar surface area (TPSA) is 293 Å². The Hall–Kier alpha value is -5.77. The van der Waals surface area contributed by atoms with Crippen molar-refractivity contribution in [2.45, 2.75) is 99.9 Å². The minimum atomic E-state index is -1.90. The van der Waals surface area contributed by atoms with E-state index in [1.54, 1.807) is 23.1 Å². The highest BCUT2D eigenvalue weighted by atomic mass is 16.7. The van der Waals surface area contributed by atoms with E-state index in [0.717, 1.165) is 0 Å². The van der Waals surface area contributed by atoms with Gasteiger partial charge in [0.15, 0.2) is 34.6 Å². The van der Waals surface area contributed by atoms with Crippen molar-refractivity contribution >= 4 is 47.0 Å². The minimum Gasteiger partial charge on any atom is -0.486 e. The van der Waals surface area contributed by atoms with Crippen LogP contribution >= 0.6 is 0 Å². The van der Waals surface area contributed by atoms with Gasteiger partial charge in [-0.15, -0.1) is 0 Å². The molecule has 4 aliphatic heterocycles. The number of rotatable bonds is 11. The lowest BCUT2D eigenvalue weighted by Crippen LogP contribution is -2.65. The van der Waals surface area contributed by atoms with Gasteiger partial charge >= 0.3 is 5.91 Å². The van der Waals surface area contributed by atoms with Crippen molar-refractivity contribution in [1.29, 1.82) is 0 Å². The number of amides is 1. The van der Waals surface area contributed by atoms with Crippen LogP contribution in [0.1, 0.15) is 99.4 Å². The summed E-state index contributed by atoms with van der Waals surface area (Å²) in [5, 5.41) is 66.1. The molecule has 3 aromatic rings. The second-order valence-corrected chi connectivity index (χ2v) is 17.2. The van der Waals surface area contributed by atoms with Gasteiger partial charge in [-0.3, -0.25) is 19.4 Å². The molecule has 1 saturated heterocycles. The third kappa shape index (κ3) is 7.74. The Morgan fingerprint density at radius 3 is 2.48 bits per heavy atom. The third-order valence-electron chi connectivity index (χ3n) is 13.2. The maximum atomic E-state index is 14.9. The molecule has 6 aliphatic rings. The molecule has 1 spiro atoms. The summed E-state index contributed by atoms with van der Waals surface area (Å²) in [6.07, 6.45) is -6.88. The molecular weight excluding hydrogens is 847 g/mol. The maximum Gasteiger partial charge on any atom is 0.302 e. The first-order valence-corrected chi connectivity index (χ1v) is 21.7. The number of hydrogen-bond donors (Lipinski definition) is 7. The normalized spacial score (nSPS) is 27.3. The lowest BCUT2D eigenvalue weighted by atomic mass is 9.74. The molecule has 19 nitrogen and oxygen atoms in total. The SMILES string of the molecule is NC1=NC(=O)C2=NCN(c3ccccc3[C@@H]3c4cc5c(c(OC[C@H](O)CC=O)c4O[C@H]4O[C@H]([C@H](O)[C@@H](O)[C@@H]4O)C4(CCCC4)OC[C@H]3CCCO)C(=O)c3cc(CO)ccc3C5=O)C2=N1. The second-order valence-electron chi connectivity index (χ2n) is 17.2. The Balaban J connectivity index is 1.34. The van der Waals surface area contributed by atoms with Crippen molar-refractivity contribution in [2.24, 2.45) is 26.6 Å². The van der Waals surface area contributed by atoms with Gasteiger partial charge in [0.2, 0.25) is 12.2 Å². The molecule has 1 saturated carbocycles. The summed E-state index contributed by atoms with van der Waals surface area (Å²) in [5.41, 5.74) is 5.93. The largest absolute Gasteiger partial charge is 0.486 e. The Labute approximate surface area is 371 Å². The number of para-hydroxylation sites is 1. The molecule has 4 heterocycles. The van der Waals surface area contributed by atoms with E-state index in [-0.39, 0.29) is 96.0 Å². The molecule has 8 atom stereocenters. The van der Waals surface area contributed by atoms with Crippen LogP contribution in [0.4, 0.5) is 5.69 Å². The van der Waals surface area contributed by atoms with Crippen LogP contribution in [-0.2, 0) is 25.7 Å². The van der Waals surface area contributed by atoms with Crippen LogP contribution in [0, 0.1) is 5.92 Å². The predicted octanol–water partition coefficient (Wildman–Crippen LogP) is 0.805. The number of guanidine groups is 1. The maximum absolute atomic E-state index is 14.9. The molecule has 0 unspecified atom stereocenters. The number of carbonyl (C=O) groups is 4. The summed E-state index contributed by atoms with van der Waals surface area (Å²) in [6.45, 7) is -1.37. The quantitative estimate of drug-likeness (QED) is 0.103. The highest BCUT2D eigenvalue weighted by Crippen LogP contribution is 2.53. The number of aliphatic imine (C=N–C) groups is 3. The Kier molecular flexibility index (Phi) is 12.2. The first kappa shape index (κ1) is 44.4. The average molecular weight is 896 g/mol. The molecular formula is C46H49N5O14. The zero-order valence-electron chi connectivity index (χ0n) is 35.1. The Bertz CT molecular complexity index is 2520. The fourth-order valence-electron chi connectivity index (χ4n) is 10.1. The Morgan fingerprint density at radius 2 is 1.72 bits per heavy atom. The zero-order chi connectivity index (χ0) is 45.7. The number of ketones is 2. The van der Waals surface area contributed by atoms with Gasteiger partial charge in [-0.25, -0.2) is 0 Å². The molecule has 3 aromatic carbocycles. The first-order chi connectivity index (χ1) is 31.4. The number of fused-ring (bicyclic) bond motifs is 7. The lowest BCUT2D eigenvalue weighted by Gasteiger charge is -2.47. The number of ether oxygens (including phenoxy) is 4. The van der Waals surface area contributed by atoms with Crippen molar-refractivity contribution in [2.75, 3.05) is 31.4 Å². The molecule has 8 N–H and O–H groups in total. The van der Waals surface area contributed by atoms with E-state index in [2.05, 4.69) is 15.0 Å². The fraction of sp³-hybridized carbons (Fsp3) is 0.457. The lowest BCUT2D eigenvalue weighted by molar-refractivity contribution is -0.310. The van der Waals surface area contributed by atoms with Crippen LogP contribution in [-0.4, -0.2) is 141 Å². The summed E-state index contributed by atoms with van der Waals surface area (Å²) < 4.78 is 26.6. The van der Waals surface area contributed by atoms with E-state index in [1.165, 1.54) is 24.3 Å². The first-order valence-electron chi connectivity index (χ1n) is 21.7. The molecule has 342 valence electrons. The number of nitrogens with two attached hydrogens (primary N) is 1. The van der Waals surface area contributed by atoms with Gasteiger partial charge in [-0.05, 0) is 67.0 Å². The number of carbonyl (C=O) groups excluding carboxylic acids is 4. The van der Waals surface area contributed by atoms with Crippen LogP contribution < -0.4 is 20.1 Å². The van der Waals surface area contributed by atoms with Crippen LogP contribution in [0.5, 0.6) is 11.5 Å². The summed E-state index contributed by atoms with van der Waals surface area (Å²) in [5.74, 6) is -4.28. The van der Waals surface area contributed by atoms with Crippen molar-refractivity contribution in [3.05, 3.63) is 87.5 Å². The number of benzene rings is 3. The van der Waals surface area contributed by atoms with Crippen molar-refractivity contribution in [1.82, 2.24) is 0 Å². The fourth-order valence-corrected chi connectivity index (χ4v) is 10.1. The standard InChI is InChI=1S/C46H49N5O14/c47-45-49-42-33(43(61)50-45)48-21-51(42)30-8-2-1-7-26(30)31-23(6-5-14-52)19-63-46(12-3-4-13-46)41-37(59)36(58)38(60)44(65-41)64-39-29(31)17-28-32(40(39)62-20-24(55)11-15-53)35(57)27-16-22(18-54)9-10-25(27)34(28)56/h1-2,7-10,15-17,23-24,31,36-38,41,44,52,54-55,58-60H,3-6,11-14,18-21H2,(H2,47,50,61)/t23-,24-,31-,36-,37-,38+,41-,44+/m1/s1. The second kappa shape index (κ2) is 17.9. The molecule has 1 amide bonds. The number of aliphatic hydroxyl groups excluding tert-OH is 6. The van der Waals surface area contributed by atoms with Crippen molar-refractivity contribution in [3.63, 3.8) is 0 Å². The van der Waals surface area contributed by atoms with Crippen molar-refractivity contribution in [3.8, 4) is 11.5 Å². The smallest absolute Gasteiger partial charge is 0.302 e. The van der Waals surface area contributed by atoms with E-state index in [0.29, 0.717) is 48.8 Å². The van der Waals surface area contributed by atoms with E-state index in [9.17, 15) is 49.8 Å². The van der Waals surface area contributed by atoms with E-state index >= 15 is 0 Å². The van der Waals surface area contributed by atoms with E-state index < -0.39 is 84.9 Å². The van der Waals surface area contributed by atoms with E-state index in [1.807, 2.05) is 6.07 Å². The molecule has 2 aliphatic carbocycles. The number of amidine groups is 1. The van der Waals surface area contributed by atoms with Gasteiger partial charge in [0.1, 0.15) is 44.0 Å². The van der Waals surface area contributed by atoms with Gasteiger partial charge in [0.25, 0.3) is 0 Å². The molecule has 9 rings (SSSR count). The number of hydrogen-bond acceptors (Lipinski definition) is 18. The summed E-state index contributed by atoms with van der Waals surface area (Å²) in [7, 11) is 0. The minimum absolute atomic E-state index is 0.00943. The van der Waals surface area contributed by atoms with Crippen LogP contribution in [0.15, 0.2) is 63.5 Å². The molecule has 2 fully saturated rings. The van der Waals surface area contributed by atoms with Gasteiger partial charge in [0, 0.05) is 46.9 Å². The summed E-state index contributed by atoms with van der Waals surface area (Å²) in [6, 6.07) is 13.0. The summed E-state index contributed by atoms with van der Waals surface area (Å²) >= 11 is 0. The number of nitrogens with zero attached hydrogens (tertiary/aromatic N) is 4. The molecule has 0 radical (unpaired) electrons. The van der Waals surface area contributed by atoms with Crippen LogP contribution in [0.2, 0.25) is 0 Å².